The van der Waals surface area contributed by atoms with Crippen molar-refractivity contribution < 1.29 is 9.72 Å². The molecule has 1 fully saturated rings. The highest BCUT2D eigenvalue weighted by atomic mass is 35.5. The SMILES string of the molecule is Cc1ccc(-n2ncc(C(=O)NNc3ccccc3[N+](=O)[O-])c2C2CC2)cc1Cl. The molecule has 1 amide bonds. The molecule has 0 spiro atoms. The normalized spacial score (nSPS) is 13.2. The number of nitrogens with one attached hydrogen (secondary N) is 2. The van der Waals surface area contributed by atoms with Gasteiger partial charge >= 0.3 is 0 Å². The summed E-state index contributed by atoms with van der Waals surface area (Å²) < 4.78 is 1.74. The first kappa shape index (κ1) is 18.9. The third kappa shape index (κ3) is 3.79. The van der Waals surface area contributed by atoms with E-state index in [1.807, 2.05) is 25.1 Å². The predicted octanol–water partition coefficient (Wildman–Crippen LogP) is 4.38. The lowest BCUT2D eigenvalue weighted by molar-refractivity contribution is -0.384. The van der Waals surface area contributed by atoms with Gasteiger partial charge in [-0.1, -0.05) is 29.8 Å². The molecule has 0 unspecified atom stereocenters. The van der Waals surface area contributed by atoms with Crippen molar-refractivity contribution in [3.8, 4) is 5.69 Å². The van der Waals surface area contributed by atoms with Crippen LogP contribution in [0.15, 0.2) is 48.7 Å². The average Bonchev–Trinajstić information content (AvgIpc) is 3.46. The number of hydrogen-bond acceptors (Lipinski definition) is 5. The molecule has 29 heavy (non-hydrogen) atoms. The Bertz CT molecular complexity index is 1110. The molecule has 0 aliphatic heterocycles. The molecular weight excluding hydrogens is 394 g/mol. The second-order valence-electron chi connectivity index (χ2n) is 6.92. The summed E-state index contributed by atoms with van der Waals surface area (Å²) in [4.78, 5) is 23.4. The highest BCUT2D eigenvalue weighted by Gasteiger charge is 2.33. The number of carbonyl (C=O) groups excluding carboxylic acids is 1. The Morgan fingerprint density at radius 1 is 1.28 bits per heavy atom. The van der Waals surface area contributed by atoms with E-state index in [4.69, 9.17) is 11.6 Å². The van der Waals surface area contributed by atoms with Crippen molar-refractivity contribution in [3.63, 3.8) is 0 Å². The van der Waals surface area contributed by atoms with E-state index in [1.165, 1.54) is 18.3 Å². The van der Waals surface area contributed by atoms with E-state index in [-0.39, 0.29) is 17.3 Å². The summed E-state index contributed by atoms with van der Waals surface area (Å²) in [5.41, 5.74) is 8.26. The van der Waals surface area contributed by atoms with Gasteiger partial charge in [0.15, 0.2) is 0 Å². The second-order valence-corrected chi connectivity index (χ2v) is 7.32. The number of rotatable bonds is 6. The molecular formula is C20H18ClN5O3. The third-order valence-corrected chi connectivity index (χ3v) is 5.23. The molecule has 3 aromatic rings. The van der Waals surface area contributed by atoms with E-state index in [0.717, 1.165) is 29.8 Å². The maximum Gasteiger partial charge on any atom is 0.294 e. The zero-order valence-electron chi connectivity index (χ0n) is 15.6. The smallest absolute Gasteiger partial charge is 0.292 e. The van der Waals surface area contributed by atoms with Crippen molar-refractivity contribution in [1.82, 2.24) is 15.2 Å². The highest BCUT2D eigenvalue weighted by Crippen LogP contribution is 2.42. The molecule has 0 atom stereocenters. The van der Waals surface area contributed by atoms with Gasteiger partial charge in [0.25, 0.3) is 11.6 Å². The molecule has 0 bridgehead atoms. The van der Waals surface area contributed by atoms with Gasteiger partial charge in [0.2, 0.25) is 0 Å². The molecule has 4 rings (SSSR count). The summed E-state index contributed by atoms with van der Waals surface area (Å²) in [6.07, 6.45) is 3.46. The van der Waals surface area contributed by atoms with Crippen LogP contribution in [0, 0.1) is 17.0 Å². The largest absolute Gasteiger partial charge is 0.294 e. The number of para-hydroxylation sites is 2. The van der Waals surface area contributed by atoms with Gasteiger partial charge in [-0.25, -0.2) is 4.68 Å². The Kier molecular flexibility index (Phi) is 4.94. The first-order chi connectivity index (χ1) is 14.0. The Labute approximate surface area is 171 Å². The molecule has 1 aliphatic rings. The van der Waals surface area contributed by atoms with Crippen LogP contribution in [0.1, 0.15) is 40.4 Å². The summed E-state index contributed by atoms with van der Waals surface area (Å²) >= 11 is 6.25. The van der Waals surface area contributed by atoms with Crippen LogP contribution in [0.4, 0.5) is 11.4 Å². The Hall–Kier alpha value is -3.39. The number of halogens is 1. The standard InChI is InChI=1S/C20H18ClN5O3/c1-12-6-9-14(10-16(12)21)25-19(13-7-8-13)15(11-22-25)20(27)24-23-17-4-2-3-5-18(17)26(28)29/h2-6,9-11,13,23H,7-8H2,1H3,(H,24,27). The molecule has 0 saturated heterocycles. The van der Waals surface area contributed by atoms with Crippen LogP contribution >= 0.6 is 11.6 Å². The van der Waals surface area contributed by atoms with Crippen LogP contribution < -0.4 is 10.9 Å². The summed E-state index contributed by atoms with van der Waals surface area (Å²) in [5.74, 6) is -0.168. The van der Waals surface area contributed by atoms with Crippen LogP contribution in [-0.4, -0.2) is 20.6 Å². The lowest BCUT2D eigenvalue weighted by atomic mass is 10.1. The van der Waals surface area contributed by atoms with Crippen molar-refractivity contribution in [1.29, 1.82) is 0 Å². The minimum absolute atomic E-state index is 0.125. The molecule has 148 valence electrons. The van der Waals surface area contributed by atoms with Crippen molar-refractivity contribution in [2.45, 2.75) is 25.7 Å². The monoisotopic (exact) mass is 411 g/mol. The van der Waals surface area contributed by atoms with Gasteiger partial charge in [-0.15, -0.1) is 0 Å². The number of nitrogens with zero attached hydrogens (tertiary/aromatic N) is 3. The average molecular weight is 412 g/mol. The number of hydrogen-bond donors (Lipinski definition) is 2. The molecule has 9 heteroatoms. The number of amides is 1. The lowest BCUT2D eigenvalue weighted by Gasteiger charge is -2.11. The highest BCUT2D eigenvalue weighted by molar-refractivity contribution is 6.31. The number of benzene rings is 2. The van der Waals surface area contributed by atoms with E-state index in [9.17, 15) is 14.9 Å². The van der Waals surface area contributed by atoms with Crippen molar-refractivity contribution in [2.75, 3.05) is 5.43 Å². The van der Waals surface area contributed by atoms with E-state index in [2.05, 4.69) is 16.0 Å². The fourth-order valence-corrected chi connectivity index (χ4v) is 3.31. The Morgan fingerprint density at radius 2 is 2.03 bits per heavy atom. The Morgan fingerprint density at radius 3 is 2.72 bits per heavy atom. The van der Waals surface area contributed by atoms with Crippen LogP contribution in [0.2, 0.25) is 5.02 Å². The first-order valence-corrected chi connectivity index (χ1v) is 9.47. The molecule has 1 aromatic heterocycles. The summed E-state index contributed by atoms with van der Waals surface area (Å²) in [6, 6.07) is 11.7. The number of aromatic nitrogens is 2. The fourth-order valence-electron chi connectivity index (χ4n) is 3.13. The van der Waals surface area contributed by atoms with Gasteiger partial charge in [0.1, 0.15) is 5.69 Å². The maximum atomic E-state index is 12.8. The van der Waals surface area contributed by atoms with Gasteiger partial charge in [0.05, 0.1) is 28.1 Å². The Balaban J connectivity index is 1.60. The van der Waals surface area contributed by atoms with Crippen molar-refractivity contribution in [2.24, 2.45) is 0 Å². The van der Waals surface area contributed by atoms with Gasteiger partial charge in [-0.2, -0.15) is 5.10 Å². The number of carbonyl (C=O) groups is 1. The van der Waals surface area contributed by atoms with Crippen molar-refractivity contribution >= 4 is 28.9 Å². The van der Waals surface area contributed by atoms with Crippen LogP contribution in [0.3, 0.4) is 0 Å². The molecule has 1 saturated carbocycles. The predicted molar refractivity (Wildman–Crippen MR) is 109 cm³/mol. The van der Waals surface area contributed by atoms with Crippen molar-refractivity contribution in [3.05, 3.63) is 80.6 Å². The summed E-state index contributed by atoms with van der Waals surface area (Å²) in [5, 5.41) is 16.2. The number of anilines is 1. The molecule has 2 N–H and O–H groups in total. The zero-order chi connectivity index (χ0) is 20.5. The van der Waals surface area contributed by atoms with Crippen LogP contribution in [0.5, 0.6) is 0 Å². The van der Waals surface area contributed by atoms with Gasteiger partial charge < -0.3 is 0 Å². The first-order valence-electron chi connectivity index (χ1n) is 9.10. The molecule has 0 radical (unpaired) electrons. The zero-order valence-corrected chi connectivity index (χ0v) is 16.3. The second kappa shape index (κ2) is 7.56. The molecule has 8 nitrogen and oxygen atoms in total. The maximum absolute atomic E-state index is 12.8. The van der Waals surface area contributed by atoms with Crippen LogP contribution in [-0.2, 0) is 0 Å². The third-order valence-electron chi connectivity index (χ3n) is 4.83. The van der Waals surface area contributed by atoms with Gasteiger partial charge in [-0.05, 0) is 43.5 Å². The van der Waals surface area contributed by atoms with Crippen LogP contribution in [0.25, 0.3) is 5.69 Å². The molecule has 2 aromatic carbocycles. The molecule has 1 aliphatic carbocycles. The van der Waals surface area contributed by atoms with E-state index >= 15 is 0 Å². The fraction of sp³-hybridized carbons (Fsp3) is 0.200. The summed E-state index contributed by atoms with van der Waals surface area (Å²) in [6.45, 7) is 1.92. The van der Waals surface area contributed by atoms with E-state index < -0.39 is 10.8 Å². The minimum atomic E-state index is -0.511. The number of nitro benzene ring substituents is 1. The van der Waals surface area contributed by atoms with Gasteiger partial charge in [-0.3, -0.25) is 25.8 Å². The minimum Gasteiger partial charge on any atom is -0.292 e. The van der Waals surface area contributed by atoms with E-state index in [0.29, 0.717) is 10.6 Å². The quantitative estimate of drug-likeness (QED) is 0.463. The molecule has 1 heterocycles. The van der Waals surface area contributed by atoms with Gasteiger partial charge in [0, 0.05) is 17.0 Å². The number of hydrazine groups is 1. The number of nitro groups is 1. The topological polar surface area (TPSA) is 102 Å². The lowest BCUT2D eigenvalue weighted by Crippen LogP contribution is -2.30. The number of aryl methyl sites for hydroxylation is 1. The summed E-state index contributed by atoms with van der Waals surface area (Å²) in [7, 11) is 0. The van der Waals surface area contributed by atoms with E-state index in [1.54, 1.807) is 16.8 Å².